The van der Waals surface area contributed by atoms with Gasteiger partial charge in [0.1, 0.15) is 6.10 Å². The molecule has 158 valence electrons. The normalized spacial score (nSPS) is 16.3. The van der Waals surface area contributed by atoms with Crippen LogP contribution in [0.1, 0.15) is 48.5 Å². The molecule has 5 nitrogen and oxygen atoms in total. The molecule has 0 rings (SSSR count). The van der Waals surface area contributed by atoms with E-state index in [0.29, 0.717) is 6.61 Å². The third kappa shape index (κ3) is 8.01. The van der Waals surface area contributed by atoms with Gasteiger partial charge in [-0.3, -0.25) is 0 Å². The van der Waals surface area contributed by atoms with Crippen LogP contribution in [0, 0.1) is 0 Å². The van der Waals surface area contributed by atoms with E-state index in [1.54, 1.807) is 13.0 Å². The van der Waals surface area contributed by atoms with Crippen molar-refractivity contribution in [1.82, 2.24) is 0 Å². The molecule has 0 bridgehead atoms. The minimum Gasteiger partial charge on any atom is -0.463 e. The summed E-state index contributed by atoms with van der Waals surface area (Å²) in [5.41, 5.74) is 0. The van der Waals surface area contributed by atoms with Gasteiger partial charge in [0.25, 0.3) is 0 Å². The second-order valence-electron chi connectivity index (χ2n) is 9.93. The van der Waals surface area contributed by atoms with Gasteiger partial charge in [-0.15, -0.1) is 0 Å². The van der Waals surface area contributed by atoms with Crippen LogP contribution in [0.3, 0.4) is 0 Å². The molecule has 0 amide bonds. The fourth-order valence-electron chi connectivity index (χ4n) is 1.79. The van der Waals surface area contributed by atoms with Crippen molar-refractivity contribution >= 4 is 28.9 Å². The SMILES string of the molecule is CCOC(=O)/C=C/[C@@H](O[Si](C)(C)C(C)(C)C)[C@@H](C=O)O[Si](C)(C)C(C)(C)C. The molecule has 0 aromatic rings. The summed E-state index contributed by atoms with van der Waals surface area (Å²) in [6, 6.07) is 0. The average molecular weight is 417 g/mol. The molecule has 0 heterocycles. The van der Waals surface area contributed by atoms with E-state index < -0.39 is 34.8 Å². The minimum absolute atomic E-state index is 0.0343. The molecule has 0 aliphatic heterocycles. The Morgan fingerprint density at radius 3 is 1.63 bits per heavy atom. The van der Waals surface area contributed by atoms with Gasteiger partial charge in [-0.1, -0.05) is 41.5 Å². The fourth-order valence-corrected chi connectivity index (χ4v) is 4.26. The zero-order chi connectivity index (χ0) is 21.7. The molecule has 0 aliphatic carbocycles. The van der Waals surface area contributed by atoms with E-state index in [0.717, 1.165) is 6.29 Å². The molecular formula is C20H40O5Si2. The van der Waals surface area contributed by atoms with Gasteiger partial charge in [-0.05, 0) is 49.3 Å². The maximum atomic E-state index is 11.9. The summed E-state index contributed by atoms with van der Waals surface area (Å²) in [5, 5.41) is -0.0753. The molecule has 27 heavy (non-hydrogen) atoms. The first-order chi connectivity index (χ1) is 12.0. The molecule has 2 atom stereocenters. The summed E-state index contributed by atoms with van der Waals surface area (Å²) in [4.78, 5) is 23.7. The minimum atomic E-state index is -2.19. The lowest BCUT2D eigenvalue weighted by Gasteiger charge is -2.43. The van der Waals surface area contributed by atoms with Crippen LogP contribution < -0.4 is 0 Å². The zero-order valence-electron chi connectivity index (χ0n) is 19.1. The van der Waals surface area contributed by atoms with E-state index in [1.807, 2.05) is 0 Å². The first-order valence-electron chi connectivity index (χ1n) is 9.64. The van der Waals surface area contributed by atoms with Crippen molar-refractivity contribution in [1.29, 1.82) is 0 Å². The highest BCUT2D eigenvalue weighted by Crippen LogP contribution is 2.40. The van der Waals surface area contributed by atoms with Crippen molar-refractivity contribution in [3.8, 4) is 0 Å². The van der Waals surface area contributed by atoms with E-state index in [2.05, 4.69) is 67.7 Å². The Balaban J connectivity index is 5.78. The summed E-state index contributed by atoms with van der Waals surface area (Å²) >= 11 is 0. The summed E-state index contributed by atoms with van der Waals surface area (Å²) in [7, 11) is -4.38. The number of ether oxygens (including phenoxy) is 1. The van der Waals surface area contributed by atoms with E-state index in [-0.39, 0.29) is 10.1 Å². The predicted molar refractivity (Wildman–Crippen MR) is 116 cm³/mol. The van der Waals surface area contributed by atoms with Gasteiger partial charge in [0.05, 0.1) is 12.7 Å². The summed E-state index contributed by atoms with van der Waals surface area (Å²) in [6.07, 6.45) is 2.37. The molecule has 0 spiro atoms. The number of aldehydes is 1. The van der Waals surface area contributed by atoms with Crippen LogP contribution in [-0.4, -0.2) is 47.7 Å². The molecule has 0 N–H and O–H groups in total. The van der Waals surface area contributed by atoms with Gasteiger partial charge >= 0.3 is 5.97 Å². The van der Waals surface area contributed by atoms with Gasteiger partial charge in [-0.2, -0.15) is 0 Å². The van der Waals surface area contributed by atoms with Crippen molar-refractivity contribution in [3.05, 3.63) is 12.2 Å². The first kappa shape index (κ1) is 26.2. The summed E-state index contributed by atoms with van der Waals surface area (Å²) < 4.78 is 17.7. The zero-order valence-corrected chi connectivity index (χ0v) is 21.1. The quantitative estimate of drug-likeness (QED) is 0.227. The Labute approximate surface area is 168 Å². The molecule has 0 saturated carbocycles. The molecule has 0 radical (unpaired) electrons. The van der Waals surface area contributed by atoms with E-state index in [4.69, 9.17) is 13.6 Å². The molecule has 7 heteroatoms. The highest BCUT2D eigenvalue weighted by atomic mass is 28.4. The number of esters is 1. The van der Waals surface area contributed by atoms with Gasteiger partial charge < -0.3 is 18.4 Å². The highest BCUT2D eigenvalue weighted by Gasteiger charge is 2.44. The maximum absolute atomic E-state index is 11.9. The van der Waals surface area contributed by atoms with E-state index >= 15 is 0 Å². The topological polar surface area (TPSA) is 61.8 Å². The Bertz CT molecular complexity index is 527. The first-order valence-corrected chi connectivity index (χ1v) is 15.5. The highest BCUT2D eigenvalue weighted by molar-refractivity contribution is 6.74. The fraction of sp³-hybridized carbons (Fsp3) is 0.800. The smallest absolute Gasteiger partial charge is 0.330 e. The predicted octanol–water partition coefficient (Wildman–Crippen LogP) is 5.09. The van der Waals surface area contributed by atoms with Gasteiger partial charge in [-0.25, -0.2) is 4.79 Å². The Morgan fingerprint density at radius 2 is 1.30 bits per heavy atom. The molecule has 0 unspecified atom stereocenters. The second kappa shape index (κ2) is 9.63. The van der Waals surface area contributed by atoms with Gasteiger partial charge in [0.2, 0.25) is 0 Å². The van der Waals surface area contributed by atoms with Gasteiger partial charge in [0, 0.05) is 6.08 Å². The summed E-state index contributed by atoms with van der Waals surface area (Å²) in [6.45, 7) is 23.3. The lowest BCUT2D eigenvalue weighted by molar-refractivity contribution is -0.137. The lowest BCUT2D eigenvalue weighted by atomic mass is 10.2. The van der Waals surface area contributed by atoms with Crippen LogP contribution in [0.4, 0.5) is 0 Å². The molecule has 0 fully saturated rings. The molecule has 0 aromatic carbocycles. The van der Waals surface area contributed by atoms with E-state index in [1.165, 1.54) is 6.08 Å². The van der Waals surface area contributed by atoms with Crippen molar-refractivity contribution in [2.75, 3.05) is 6.61 Å². The molecule has 0 saturated heterocycles. The third-order valence-corrected chi connectivity index (χ3v) is 14.6. The number of carbonyl (C=O) groups excluding carboxylic acids is 2. The molecule has 0 aromatic heterocycles. The van der Waals surface area contributed by atoms with Crippen molar-refractivity contribution in [3.63, 3.8) is 0 Å². The monoisotopic (exact) mass is 416 g/mol. The average Bonchev–Trinajstić information content (AvgIpc) is 2.47. The number of hydrogen-bond donors (Lipinski definition) is 0. The standard InChI is InChI=1S/C20H40O5Si2/c1-12-23-18(22)14-13-16(24-26(8,9)19(2,3)4)17(15-21)25-27(10,11)20(5,6)7/h13-17H,12H2,1-11H3/b14-13+/t16-,17-/m1/s1. The van der Waals surface area contributed by atoms with Crippen molar-refractivity contribution in [2.24, 2.45) is 0 Å². The van der Waals surface area contributed by atoms with E-state index in [9.17, 15) is 9.59 Å². The molecular weight excluding hydrogens is 376 g/mol. The van der Waals surface area contributed by atoms with Crippen molar-refractivity contribution in [2.45, 2.75) is 96.9 Å². The van der Waals surface area contributed by atoms with Crippen LogP contribution in [0.2, 0.25) is 36.3 Å². The Kier molecular flexibility index (Phi) is 9.35. The van der Waals surface area contributed by atoms with Crippen LogP contribution in [0.15, 0.2) is 12.2 Å². The number of hydrogen-bond acceptors (Lipinski definition) is 5. The lowest BCUT2D eigenvalue weighted by Crippen LogP contribution is -2.52. The number of rotatable bonds is 9. The van der Waals surface area contributed by atoms with Crippen LogP contribution in [0.5, 0.6) is 0 Å². The van der Waals surface area contributed by atoms with Crippen LogP contribution in [0.25, 0.3) is 0 Å². The van der Waals surface area contributed by atoms with Gasteiger partial charge in [0.15, 0.2) is 22.9 Å². The number of carbonyl (C=O) groups is 2. The molecule has 0 aliphatic rings. The second-order valence-corrected chi connectivity index (χ2v) is 19.4. The Morgan fingerprint density at radius 1 is 0.889 bits per heavy atom. The summed E-state index contributed by atoms with van der Waals surface area (Å²) in [5.74, 6) is -0.446. The largest absolute Gasteiger partial charge is 0.463 e. The van der Waals surface area contributed by atoms with Crippen molar-refractivity contribution < 1.29 is 23.2 Å². The van der Waals surface area contributed by atoms with Crippen LogP contribution >= 0.6 is 0 Å². The third-order valence-electron chi connectivity index (χ3n) is 5.64. The maximum Gasteiger partial charge on any atom is 0.330 e. The Hall–Kier alpha value is -0.766. The van der Waals surface area contributed by atoms with Crippen LogP contribution in [-0.2, 0) is 23.2 Å².